The van der Waals surface area contributed by atoms with Gasteiger partial charge in [-0.2, -0.15) is 0 Å². The van der Waals surface area contributed by atoms with Gasteiger partial charge in [-0.15, -0.1) is 0 Å². The van der Waals surface area contributed by atoms with Crippen LogP contribution in [0.2, 0.25) is 0 Å². The molecule has 0 heterocycles. The van der Waals surface area contributed by atoms with Crippen LogP contribution in [-0.4, -0.2) is 30.6 Å². The van der Waals surface area contributed by atoms with Crippen LogP contribution >= 0.6 is 0 Å². The van der Waals surface area contributed by atoms with Crippen molar-refractivity contribution in [2.45, 2.75) is 65.8 Å². The van der Waals surface area contributed by atoms with Crippen molar-refractivity contribution < 1.29 is 0 Å². The zero-order valence-corrected chi connectivity index (χ0v) is 11.8. The highest BCUT2D eigenvalue weighted by Crippen LogP contribution is 2.12. The van der Waals surface area contributed by atoms with Crippen molar-refractivity contribution in [3.05, 3.63) is 0 Å². The number of nitrogens with zero attached hydrogens (tertiary/aromatic N) is 1. The Morgan fingerprint density at radius 2 is 1.81 bits per heavy atom. The van der Waals surface area contributed by atoms with Gasteiger partial charge in [0.1, 0.15) is 0 Å². The molecular formula is C14H32N2. The number of hydrogen-bond donors (Lipinski definition) is 1. The molecule has 2 heteroatoms. The zero-order valence-electron chi connectivity index (χ0n) is 11.8. The lowest BCUT2D eigenvalue weighted by Gasteiger charge is -2.31. The summed E-state index contributed by atoms with van der Waals surface area (Å²) in [7, 11) is 0. The Hall–Kier alpha value is -0.0800. The van der Waals surface area contributed by atoms with E-state index in [2.05, 4.69) is 32.6 Å². The van der Waals surface area contributed by atoms with Gasteiger partial charge in [-0.3, -0.25) is 0 Å². The van der Waals surface area contributed by atoms with Gasteiger partial charge in [-0.25, -0.2) is 0 Å². The average molecular weight is 228 g/mol. The third-order valence-electron chi connectivity index (χ3n) is 3.46. The molecule has 2 nitrogen and oxygen atoms in total. The van der Waals surface area contributed by atoms with Crippen LogP contribution in [0.5, 0.6) is 0 Å². The molecule has 0 aromatic rings. The predicted octanol–water partition coefficient (Wildman–Crippen LogP) is 3.26. The lowest BCUT2D eigenvalue weighted by Crippen LogP contribution is -2.37. The van der Waals surface area contributed by atoms with Gasteiger partial charge in [0.15, 0.2) is 0 Å². The molecule has 0 aliphatic rings. The number of hydrogen-bond acceptors (Lipinski definition) is 2. The first-order valence-corrected chi connectivity index (χ1v) is 7.09. The van der Waals surface area contributed by atoms with Crippen LogP contribution in [-0.2, 0) is 0 Å². The standard InChI is InChI=1S/C14H32N2/c1-5-7-11-16(14(4)6-2)12-13(3)9-8-10-15/h13-14H,5-12,15H2,1-4H3. The molecule has 98 valence electrons. The summed E-state index contributed by atoms with van der Waals surface area (Å²) in [4.78, 5) is 2.66. The topological polar surface area (TPSA) is 29.3 Å². The van der Waals surface area contributed by atoms with Gasteiger partial charge in [0.05, 0.1) is 0 Å². The lowest BCUT2D eigenvalue weighted by atomic mass is 10.0. The summed E-state index contributed by atoms with van der Waals surface area (Å²) < 4.78 is 0. The van der Waals surface area contributed by atoms with E-state index < -0.39 is 0 Å². The maximum Gasteiger partial charge on any atom is 0.00644 e. The molecule has 0 saturated heterocycles. The maximum atomic E-state index is 5.56. The predicted molar refractivity (Wildman–Crippen MR) is 73.7 cm³/mol. The quantitative estimate of drug-likeness (QED) is 0.622. The highest BCUT2D eigenvalue weighted by Gasteiger charge is 2.14. The van der Waals surface area contributed by atoms with Crippen LogP contribution in [0.15, 0.2) is 0 Å². The molecule has 0 aromatic carbocycles. The molecule has 2 N–H and O–H groups in total. The minimum Gasteiger partial charge on any atom is -0.330 e. The molecule has 0 aromatic heterocycles. The number of rotatable bonds is 10. The Balaban J connectivity index is 3.97. The molecule has 0 aliphatic carbocycles. The van der Waals surface area contributed by atoms with E-state index in [0.29, 0.717) is 0 Å². The molecule has 0 fully saturated rings. The third-order valence-corrected chi connectivity index (χ3v) is 3.46. The van der Waals surface area contributed by atoms with Crippen molar-refractivity contribution >= 4 is 0 Å². The zero-order chi connectivity index (χ0) is 12.4. The molecule has 0 radical (unpaired) electrons. The summed E-state index contributed by atoms with van der Waals surface area (Å²) in [6, 6.07) is 0.729. The Bertz CT molecular complexity index is 148. The first-order valence-electron chi connectivity index (χ1n) is 7.09. The lowest BCUT2D eigenvalue weighted by molar-refractivity contribution is 0.171. The largest absolute Gasteiger partial charge is 0.330 e. The highest BCUT2D eigenvalue weighted by molar-refractivity contribution is 4.69. The number of nitrogens with two attached hydrogens (primary N) is 1. The molecule has 0 spiro atoms. The Morgan fingerprint density at radius 3 is 2.31 bits per heavy atom. The van der Waals surface area contributed by atoms with Crippen molar-refractivity contribution in [1.29, 1.82) is 0 Å². The Kier molecular flexibility index (Phi) is 10.0. The molecular weight excluding hydrogens is 196 g/mol. The van der Waals surface area contributed by atoms with Gasteiger partial charge in [-0.05, 0) is 51.6 Å². The van der Waals surface area contributed by atoms with E-state index in [-0.39, 0.29) is 0 Å². The van der Waals surface area contributed by atoms with E-state index in [1.807, 2.05) is 0 Å². The van der Waals surface area contributed by atoms with Crippen LogP contribution in [0.25, 0.3) is 0 Å². The van der Waals surface area contributed by atoms with Crippen molar-refractivity contribution in [1.82, 2.24) is 4.90 Å². The minimum atomic E-state index is 0.729. The fourth-order valence-electron chi connectivity index (χ4n) is 2.07. The van der Waals surface area contributed by atoms with E-state index in [1.165, 1.54) is 45.2 Å². The van der Waals surface area contributed by atoms with Crippen molar-refractivity contribution in [3.63, 3.8) is 0 Å². The molecule has 16 heavy (non-hydrogen) atoms. The van der Waals surface area contributed by atoms with Gasteiger partial charge in [-0.1, -0.05) is 27.2 Å². The fraction of sp³-hybridized carbons (Fsp3) is 1.00. The van der Waals surface area contributed by atoms with Gasteiger partial charge in [0, 0.05) is 12.6 Å². The Labute approximate surface area is 103 Å². The highest BCUT2D eigenvalue weighted by atomic mass is 15.1. The molecule has 2 unspecified atom stereocenters. The van der Waals surface area contributed by atoms with Crippen LogP contribution < -0.4 is 5.73 Å². The van der Waals surface area contributed by atoms with Gasteiger partial charge >= 0.3 is 0 Å². The van der Waals surface area contributed by atoms with E-state index in [9.17, 15) is 0 Å². The van der Waals surface area contributed by atoms with E-state index in [1.54, 1.807) is 0 Å². The first kappa shape index (κ1) is 15.9. The molecule has 0 aliphatic heterocycles. The van der Waals surface area contributed by atoms with Crippen LogP contribution in [0.3, 0.4) is 0 Å². The summed E-state index contributed by atoms with van der Waals surface area (Å²) >= 11 is 0. The van der Waals surface area contributed by atoms with Gasteiger partial charge < -0.3 is 10.6 Å². The molecule has 0 rings (SSSR count). The second-order valence-corrected chi connectivity index (χ2v) is 5.14. The molecule has 0 bridgehead atoms. The van der Waals surface area contributed by atoms with Crippen molar-refractivity contribution in [2.75, 3.05) is 19.6 Å². The SMILES string of the molecule is CCCCN(CC(C)CCCN)C(C)CC. The summed E-state index contributed by atoms with van der Waals surface area (Å²) in [6.45, 7) is 12.6. The van der Waals surface area contributed by atoms with Crippen LogP contribution in [0.4, 0.5) is 0 Å². The van der Waals surface area contributed by atoms with Gasteiger partial charge in [0.2, 0.25) is 0 Å². The Morgan fingerprint density at radius 1 is 1.12 bits per heavy atom. The fourth-order valence-corrected chi connectivity index (χ4v) is 2.07. The minimum absolute atomic E-state index is 0.729. The van der Waals surface area contributed by atoms with E-state index >= 15 is 0 Å². The molecule has 0 amide bonds. The van der Waals surface area contributed by atoms with Crippen molar-refractivity contribution in [3.8, 4) is 0 Å². The van der Waals surface area contributed by atoms with Crippen LogP contribution in [0, 0.1) is 5.92 Å². The number of unbranched alkanes of at least 4 members (excludes halogenated alkanes) is 1. The van der Waals surface area contributed by atoms with E-state index in [0.717, 1.165) is 18.5 Å². The van der Waals surface area contributed by atoms with Crippen molar-refractivity contribution in [2.24, 2.45) is 11.7 Å². The summed E-state index contributed by atoms with van der Waals surface area (Å²) in [5, 5.41) is 0. The smallest absolute Gasteiger partial charge is 0.00644 e. The molecule has 2 atom stereocenters. The van der Waals surface area contributed by atoms with Crippen LogP contribution in [0.1, 0.15) is 59.8 Å². The summed E-state index contributed by atoms with van der Waals surface area (Å²) in [5.74, 6) is 0.786. The average Bonchev–Trinajstić information content (AvgIpc) is 2.30. The second kappa shape index (κ2) is 10.1. The summed E-state index contributed by atoms with van der Waals surface area (Å²) in [5.41, 5.74) is 5.56. The maximum absolute atomic E-state index is 5.56. The monoisotopic (exact) mass is 228 g/mol. The normalized spacial score (nSPS) is 15.4. The van der Waals surface area contributed by atoms with Gasteiger partial charge in [0.25, 0.3) is 0 Å². The second-order valence-electron chi connectivity index (χ2n) is 5.14. The first-order chi connectivity index (χ1) is 7.65. The summed E-state index contributed by atoms with van der Waals surface area (Å²) in [6.07, 6.45) is 6.32. The third kappa shape index (κ3) is 7.24. The van der Waals surface area contributed by atoms with E-state index in [4.69, 9.17) is 5.73 Å². The molecule has 0 saturated carbocycles.